The first-order valence-electron chi connectivity index (χ1n) is 8.60. The second-order valence-corrected chi connectivity index (χ2v) is 7.05. The third-order valence-electron chi connectivity index (χ3n) is 5.08. The molecule has 0 saturated carbocycles. The van der Waals surface area contributed by atoms with Crippen LogP contribution in [0.15, 0.2) is 24.3 Å². The number of carboxylic acids is 1. The summed E-state index contributed by atoms with van der Waals surface area (Å²) in [6.45, 7) is 3.72. The highest BCUT2D eigenvalue weighted by Gasteiger charge is 2.36. The quantitative estimate of drug-likeness (QED) is 0.862. The fourth-order valence-corrected chi connectivity index (χ4v) is 3.73. The van der Waals surface area contributed by atoms with Gasteiger partial charge in [-0.3, -0.25) is 14.5 Å². The molecule has 0 radical (unpaired) electrons. The lowest BCUT2D eigenvalue weighted by atomic mass is 10.1. The van der Waals surface area contributed by atoms with E-state index in [2.05, 4.69) is 4.90 Å². The number of amides is 1. The lowest BCUT2D eigenvalue weighted by molar-refractivity contribution is -0.143. The molecule has 2 fully saturated rings. The zero-order valence-corrected chi connectivity index (χ0v) is 14.4. The van der Waals surface area contributed by atoms with Crippen LogP contribution in [0.25, 0.3) is 0 Å². The van der Waals surface area contributed by atoms with Crippen molar-refractivity contribution in [2.75, 3.05) is 46.3 Å². The molecule has 2 aliphatic heterocycles. The topological polar surface area (TPSA) is 64.1 Å². The van der Waals surface area contributed by atoms with Gasteiger partial charge in [-0.25, -0.2) is 4.39 Å². The van der Waals surface area contributed by atoms with Gasteiger partial charge in [0.15, 0.2) is 0 Å². The number of rotatable bonds is 3. The summed E-state index contributed by atoms with van der Waals surface area (Å²) in [6, 6.07) is 6.17. The maximum absolute atomic E-state index is 13.0. The van der Waals surface area contributed by atoms with E-state index in [0.29, 0.717) is 32.7 Å². The summed E-state index contributed by atoms with van der Waals surface area (Å²) in [6.07, 6.45) is 0.264. The second kappa shape index (κ2) is 7.49. The molecule has 0 aliphatic carbocycles. The first kappa shape index (κ1) is 17.8. The smallest absolute Gasteiger partial charge is 0.309 e. The fourth-order valence-electron chi connectivity index (χ4n) is 3.73. The van der Waals surface area contributed by atoms with E-state index in [9.17, 15) is 19.1 Å². The fraction of sp³-hybridized carbons (Fsp3) is 0.556. The Morgan fingerprint density at radius 1 is 1.12 bits per heavy atom. The highest BCUT2D eigenvalue weighted by molar-refractivity contribution is 5.79. The molecule has 25 heavy (non-hydrogen) atoms. The lowest BCUT2D eigenvalue weighted by Crippen LogP contribution is -2.57. The average Bonchev–Trinajstić information content (AvgIpc) is 2.74. The Hall–Kier alpha value is -1.99. The van der Waals surface area contributed by atoms with Crippen molar-refractivity contribution in [3.8, 4) is 0 Å². The van der Waals surface area contributed by atoms with Crippen molar-refractivity contribution >= 4 is 11.9 Å². The Bertz CT molecular complexity index is 637. The summed E-state index contributed by atoms with van der Waals surface area (Å²) in [7, 11) is 1.93. The van der Waals surface area contributed by atoms with Gasteiger partial charge in [0.05, 0.1) is 12.3 Å². The number of piperazine rings is 1. The van der Waals surface area contributed by atoms with Gasteiger partial charge in [-0.2, -0.15) is 0 Å². The minimum Gasteiger partial charge on any atom is -0.481 e. The molecule has 0 aromatic heterocycles. The zero-order chi connectivity index (χ0) is 18.0. The van der Waals surface area contributed by atoms with Gasteiger partial charge < -0.3 is 14.9 Å². The number of nitrogens with zero attached hydrogens (tertiary/aromatic N) is 3. The summed E-state index contributed by atoms with van der Waals surface area (Å²) >= 11 is 0. The Kier molecular flexibility index (Phi) is 5.34. The van der Waals surface area contributed by atoms with Gasteiger partial charge in [0.25, 0.3) is 0 Å². The molecule has 7 heteroatoms. The van der Waals surface area contributed by atoms with Crippen molar-refractivity contribution in [2.45, 2.75) is 12.5 Å². The summed E-state index contributed by atoms with van der Waals surface area (Å²) in [5.74, 6) is -1.42. The minimum absolute atomic E-state index is 0.0351. The molecule has 136 valence electrons. The average molecular weight is 349 g/mol. The molecule has 2 aliphatic rings. The number of benzene rings is 1. The van der Waals surface area contributed by atoms with E-state index in [0.717, 1.165) is 12.1 Å². The lowest BCUT2D eigenvalue weighted by Gasteiger charge is -2.41. The van der Waals surface area contributed by atoms with E-state index in [4.69, 9.17) is 0 Å². The van der Waals surface area contributed by atoms with Gasteiger partial charge in [-0.05, 0) is 24.7 Å². The molecule has 0 bridgehead atoms. The summed E-state index contributed by atoms with van der Waals surface area (Å²) < 4.78 is 13.0. The van der Waals surface area contributed by atoms with Crippen LogP contribution in [-0.2, 0) is 16.0 Å². The number of halogens is 1. The molecule has 2 heterocycles. The van der Waals surface area contributed by atoms with Gasteiger partial charge in [0.2, 0.25) is 5.91 Å². The maximum Gasteiger partial charge on any atom is 0.309 e. The first-order valence-corrected chi connectivity index (χ1v) is 8.60. The van der Waals surface area contributed by atoms with E-state index < -0.39 is 11.9 Å². The zero-order valence-electron chi connectivity index (χ0n) is 14.4. The molecule has 1 aromatic rings. The second-order valence-electron chi connectivity index (χ2n) is 7.05. The predicted octanol–water partition coefficient (Wildman–Crippen LogP) is 0.527. The third-order valence-corrected chi connectivity index (χ3v) is 5.08. The molecule has 6 nitrogen and oxygen atoms in total. The third kappa shape index (κ3) is 4.35. The Labute approximate surface area is 146 Å². The molecular weight excluding hydrogens is 325 g/mol. The molecule has 0 unspecified atom stereocenters. The molecule has 1 amide bonds. The van der Waals surface area contributed by atoms with Crippen LogP contribution in [0.4, 0.5) is 4.39 Å². The van der Waals surface area contributed by atoms with Crippen molar-refractivity contribution in [1.82, 2.24) is 14.7 Å². The SMILES string of the molecule is CN1C[C@H](C(=O)O)CN2CCN(C(=O)Cc3ccc(F)cc3)C[C@H]2C1. The largest absolute Gasteiger partial charge is 0.481 e. The van der Waals surface area contributed by atoms with E-state index in [1.807, 2.05) is 16.8 Å². The van der Waals surface area contributed by atoms with Crippen molar-refractivity contribution in [2.24, 2.45) is 5.92 Å². The normalized spacial score (nSPS) is 25.3. The molecular formula is C18H24FN3O3. The van der Waals surface area contributed by atoms with Crippen molar-refractivity contribution in [1.29, 1.82) is 0 Å². The minimum atomic E-state index is -0.762. The van der Waals surface area contributed by atoms with Crippen molar-refractivity contribution < 1.29 is 19.1 Å². The van der Waals surface area contributed by atoms with Crippen LogP contribution < -0.4 is 0 Å². The van der Waals surface area contributed by atoms with E-state index in [1.165, 1.54) is 12.1 Å². The van der Waals surface area contributed by atoms with Gasteiger partial charge >= 0.3 is 5.97 Å². The molecule has 3 rings (SSSR count). The van der Waals surface area contributed by atoms with Crippen LogP contribution in [0, 0.1) is 11.7 Å². The maximum atomic E-state index is 13.0. The van der Waals surface area contributed by atoms with E-state index in [1.54, 1.807) is 12.1 Å². The standard InChI is InChI=1S/C18H24FN3O3/c1-20-9-14(18(24)25)10-21-6-7-22(12-16(21)11-20)17(23)8-13-2-4-15(19)5-3-13/h2-5,14,16H,6-12H2,1H3,(H,24,25)/t14-,16+/m0/s1. The molecule has 0 spiro atoms. The van der Waals surface area contributed by atoms with Crippen molar-refractivity contribution in [3.05, 3.63) is 35.6 Å². The molecule has 1 aromatic carbocycles. The van der Waals surface area contributed by atoms with Crippen molar-refractivity contribution in [3.63, 3.8) is 0 Å². The van der Waals surface area contributed by atoms with Crippen LogP contribution in [0.2, 0.25) is 0 Å². The van der Waals surface area contributed by atoms with Gasteiger partial charge in [0.1, 0.15) is 5.82 Å². The molecule has 1 N–H and O–H groups in total. The number of hydrogen-bond donors (Lipinski definition) is 1. The van der Waals surface area contributed by atoms with Gasteiger partial charge in [0, 0.05) is 45.3 Å². The Morgan fingerprint density at radius 2 is 1.84 bits per heavy atom. The molecule has 2 saturated heterocycles. The van der Waals surface area contributed by atoms with Crippen LogP contribution >= 0.6 is 0 Å². The van der Waals surface area contributed by atoms with Crippen LogP contribution in [-0.4, -0.2) is 84.0 Å². The van der Waals surface area contributed by atoms with E-state index >= 15 is 0 Å². The Balaban J connectivity index is 1.62. The number of fused-ring (bicyclic) bond motifs is 1. The number of carbonyl (C=O) groups is 2. The number of hydrogen-bond acceptors (Lipinski definition) is 4. The predicted molar refractivity (Wildman–Crippen MR) is 90.7 cm³/mol. The first-order chi connectivity index (χ1) is 11.9. The van der Waals surface area contributed by atoms with E-state index in [-0.39, 0.29) is 24.2 Å². The summed E-state index contributed by atoms with van der Waals surface area (Å²) in [5.41, 5.74) is 0.803. The highest BCUT2D eigenvalue weighted by Crippen LogP contribution is 2.19. The summed E-state index contributed by atoms with van der Waals surface area (Å²) in [5, 5.41) is 9.35. The number of carbonyl (C=O) groups excluding carboxylic acids is 1. The van der Waals surface area contributed by atoms with Crippen LogP contribution in [0.1, 0.15) is 5.56 Å². The number of aliphatic carboxylic acids is 1. The monoisotopic (exact) mass is 349 g/mol. The number of carboxylic acid groups (broad SMARTS) is 1. The van der Waals surface area contributed by atoms with Gasteiger partial charge in [-0.15, -0.1) is 0 Å². The molecule has 2 atom stereocenters. The van der Waals surface area contributed by atoms with Crippen LogP contribution in [0.3, 0.4) is 0 Å². The number of likely N-dealkylation sites (N-methyl/N-ethyl adjacent to an activating group) is 1. The van der Waals surface area contributed by atoms with Gasteiger partial charge in [-0.1, -0.05) is 12.1 Å². The Morgan fingerprint density at radius 3 is 2.52 bits per heavy atom. The highest BCUT2D eigenvalue weighted by atomic mass is 19.1. The summed E-state index contributed by atoms with van der Waals surface area (Å²) in [4.78, 5) is 30.0. The van der Waals surface area contributed by atoms with Crippen LogP contribution in [0.5, 0.6) is 0 Å².